The molecule has 1 aromatic carbocycles. The van der Waals surface area contributed by atoms with Crippen LogP contribution in [-0.2, 0) is 0 Å². The van der Waals surface area contributed by atoms with E-state index in [1.807, 2.05) is 24.3 Å². The summed E-state index contributed by atoms with van der Waals surface area (Å²) in [6.07, 6.45) is 1.60. The van der Waals surface area contributed by atoms with E-state index in [1.54, 1.807) is 12.3 Å². The molecule has 0 saturated carbocycles. The summed E-state index contributed by atoms with van der Waals surface area (Å²) in [7, 11) is 11.8. The van der Waals surface area contributed by atoms with Gasteiger partial charge in [0.2, 0.25) is 0 Å². The van der Waals surface area contributed by atoms with Gasteiger partial charge in [-0.3, -0.25) is 0 Å². The summed E-state index contributed by atoms with van der Waals surface area (Å²) in [6, 6.07) is 9.19. The monoisotopic (exact) mass is 366 g/mol. The van der Waals surface area contributed by atoms with E-state index in [-0.39, 0.29) is 12.4 Å². The standard InChI is InChI=1S/C10H9AsCl2N4.ClH/c12-11(13)7-1-3-8(4-2-7)16-10-15-6-5-9(14)17-10;/h1-6H,(H3,14,15,16,17);1H. The molecule has 0 aliphatic carbocycles. The van der Waals surface area contributed by atoms with Crippen molar-refractivity contribution in [2.75, 3.05) is 11.1 Å². The van der Waals surface area contributed by atoms with Crippen molar-refractivity contribution in [3.63, 3.8) is 0 Å². The summed E-state index contributed by atoms with van der Waals surface area (Å²) in [6.45, 7) is 0. The predicted octanol–water partition coefficient (Wildman–Crippen LogP) is 2.40. The van der Waals surface area contributed by atoms with Crippen molar-refractivity contribution in [1.82, 2.24) is 9.97 Å². The number of hydrogen-bond acceptors (Lipinski definition) is 4. The Hall–Kier alpha value is -0.672. The second-order valence-electron chi connectivity index (χ2n) is 3.21. The number of nitrogens with zero attached hydrogens (tertiary/aromatic N) is 2. The van der Waals surface area contributed by atoms with Gasteiger partial charge in [0.05, 0.1) is 0 Å². The summed E-state index contributed by atoms with van der Waals surface area (Å²) in [4.78, 5) is 8.09. The second kappa shape index (κ2) is 7.05. The number of nitrogen functional groups attached to an aromatic ring is 1. The van der Waals surface area contributed by atoms with Crippen LogP contribution in [0.25, 0.3) is 0 Å². The van der Waals surface area contributed by atoms with Gasteiger partial charge in [-0.2, -0.15) is 0 Å². The van der Waals surface area contributed by atoms with Gasteiger partial charge in [0.15, 0.2) is 0 Å². The quantitative estimate of drug-likeness (QED) is 0.818. The Kier molecular flexibility index (Phi) is 6.03. The van der Waals surface area contributed by atoms with E-state index in [1.165, 1.54) is 0 Å². The van der Waals surface area contributed by atoms with Crippen LogP contribution < -0.4 is 15.4 Å². The summed E-state index contributed by atoms with van der Waals surface area (Å²) in [5.41, 5.74) is 6.42. The van der Waals surface area contributed by atoms with E-state index < -0.39 is 12.8 Å². The fourth-order valence-corrected chi connectivity index (χ4v) is 3.18. The van der Waals surface area contributed by atoms with Gasteiger partial charge >= 0.3 is 112 Å². The normalized spacial score (nSPS) is 9.94. The molecular weight excluding hydrogens is 357 g/mol. The number of benzene rings is 1. The van der Waals surface area contributed by atoms with Crippen LogP contribution in [-0.4, -0.2) is 22.7 Å². The van der Waals surface area contributed by atoms with E-state index in [0.29, 0.717) is 11.8 Å². The van der Waals surface area contributed by atoms with Crippen LogP contribution in [0.3, 0.4) is 0 Å². The Labute approximate surface area is 124 Å². The van der Waals surface area contributed by atoms with Gasteiger partial charge in [0.1, 0.15) is 0 Å². The molecule has 0 spiro atoms. The first-order valence-electron chi connectivity index (χ1n) is 4.72. The summed E-state index contributed by atoms with van der Waals surface area (Å²) >= 11 is -1.84. The van der Waals surface area contributed by atoms with Gasteiger partial charge in [0.25, 0.3) is 0 Å². The minimum atomic E-state index is -1.84. The summed E-state index contributed by atoms with van der Waals surface area (Å²) in [5, 5.41) is 3.04. The van der Waals surface area contributed by atoms with E-state index in [9.17, 15) is 0 Å². The molecule has 2 rings (SSSR count). The molecule has 0 bridgehead atoms. The maximum atomic E-state index is 5.89. The van der Waals surface area contributed by atoms with Gasteiger partial charge in [-0.05, 0) is 0 Å². The number of hydrogen-bond donors (Lipinski definition) is 2. The predicted molar refractivity (Wildman–Crippen MR) is 80.5 cm³/mol. The molecule has 8 heteroatoms. The molecule has 18 heavy (non-hydrogen) atoms. The molecule has 3 N–H and O–H groups in total. The zero-order valence-electron chi connectivity index (χ0n) is 9.05. The molecule has 1 aromatic heterocycles. The van der Waals surface area contributed by atoms with Gasteiger partial charge in [-0.15, -0.1) is 12.4 Å². The Bertz CT molecular complexity index is 507. The van der Waals surface area contributed by atoms with Crippen LogP contribution in [0, 0.1) is 0 Å². The molecule has 0 unspecified atom stereocenters. The van der Waals surface area contributed by atoms with Crippen molar-refractivity contribution in [3.05, 3.63) is 36.5 Å². The van der Waals surface area contributed by atoms with Gasteiger partial charge in [-0.1, -0.05) is 0 Å². The molecule has 0 aliphatic rings. The first-order chi connectivity index (χ1) is 8.15. The van der Waals surface area contributed by atoms with E-state index in [4.69, 9.17) is 25.6 Å². The number of anilines is 3. The third kappa shape index (κ3) is 4.21. The third-order valence-electron chi connectivity index (χ3n) is 2.00. The molecule has 96 valence electrons. The van der Waals surface area contributed by atoms with Crippen LogP contribution >= 0.6 is 32.3 Å². The number of rotatable bonds is 3. The van der Waals surface area contributed by atoms with Crippen LogP contribution in [0.15, 0.2) is 36.5 Å². The Morgan fingerprint density at radius 3 is 2.33 bits per heavy atom. The number of nitrogens with one attached hydrogen (secondary N) is 1. The van der Waals surface area contributed by atoms with Crippen molar-refractivity contribution in [1.29, 1.82) is 0 Å². The summed E-state index contributed by atoms with van der Waals surface area (Å²) in [5.74, 6) is 0.886. The molecule has 0 saturated heterocycles. The van der Waals surface area contributed by atoms with Crippen molar-refractivity contribution in [2.24, 2.45) is 0 Å². The molecule has 0 atom stereocenters. The zero-order chi connectivity index (χ0) is 12.3. The fourth-order valence-electron chi connectivity index (χ4n) is 1.22. The van der Waals surface area contributed by atoms with Crippen LogP contribution in [0.2, 0.25) is 0 Å². The van der Waals surface area contributed by atoms with Crippen LogP contribution in [0.5, 0.6) is 0 Å². The number of aromatic nitrogens is 2. The molecule has 0 amide bonds. The average molecular weight is 367 g/mol. The van der Waals surface area contributed by atoms with Crippen molar-refractivity contribution in [3.8, 4) is 0 Å². The fraction of sp³-hybridized carbons (Fsp3) is 0. The average Bonchev–Trinajstić information content (AvgIpc) is 2.29. The Balaban J connectivity index is 0.00000162. The maximum absolute atomic E-state index is 5.89. The van der Waals surface area contributed by atoms with E-state index >= 15 is 0 Å². The SMILES string of the molecule is Cl.Nc1ccnc(Nc2ccc([As](Cl)Cl)cc2)n1. The van der Waals surface area contributed by atoms with Gasteiger partial charge in [-0.25, -0.2) is 0 Å². The molecule has 4 nitrogen and oxygen atoms in total. The topological polar surface area (TPSA) is 63.8 Å². The van der Waals surface area contributed by atoms with Gasteiger partial charge < -0.3 is 0 Å². The Morgan fingerprint density at radius 1 is 1.11 bits per heavy atom. The van der Waals surface area contributed by atoms with Crippen molar-refractivity contribution >= 4 is 66.9 Å². The van der Waals surface area contributed by atoms with Crippen LogP contribution in [0.4, 0.5) is 17.5 Å². The van der Waals surface area contributed by atoms with Crippen molar-refractivity contribution < 1.29 is 0 Å². The first kappa shape index (κ1) is 15.4. The molecule has 0 radical (unpaired) electrons. The molecule has 2 aromatic rings. The molecule has 0 fully saturated rings. The van der Waals surface area contributed by atoms with E-state index in [2.05, 4.69) is 15.3 Å². The van der Waals surface area contributed by atoms with Crippen LogP contribution in [0.1, 0.15) is 0 Å². The summed E-state index contributed by atoms with van der Waals surface area (Å²) < 4.78 is 0.986. The van der Waals surface area contributed by atoms with E-state index in [0.717, 1.165) is 10.0 Å². The number of halogens is 3. The molecular formula is C10H10AsCl3N4. The first-order valence-corrected chi connectivity index (χ1v) is 10.6. The van der Waals surface area contributed by atoms with Crippen molar-refractivity contribution in [2.45, 2.75) is 0 Å². The zero-order valence-corrected chi connectivity index (χ0v) is 13.3. The number of nitrogens with two attached hydrogens (primary N) is 1. The molecule has 1 heterocycles. The van der Waals surface area contributed by atoms with Gasteiger partial charge in [0, 0.05) is 0 Å². The minimum absolute atomic E-state index is 0. The molecule has 0 aliphatic heterocycles. The Morgan fingerprint density at radius 2 is 1.78 bits per heavy atom. The third-order valence-corrected chi connectivity index (χ3v) is 5.47. The second-order valence-corrected chi connectivity index (χ2v) is 9.68.